The minimum absolute atomic E-state index is 0.00590. The van der Waals surface area contributed by atoms with Crippen molar-refractivity contribution < 1.29 is 14.3 Å². The van der Waals surface area contributed by atoms with Crippen molar-refractivity contribution in [3.63, 3.8) is 0 Å². The van der Waals surface area contributed by atoms with Crippen molar-refractivity contribution in [2.24, 2.45) is 11.8 Å². The van der Waals surface area contributed by atoms with E-state index >= 15 is 0 Å². The molecule has 0 saturated carbocycles. The topological polar surface area (TPSA) is 54.8 Å². The largest absolute Gasteiger partial charge is 0.497 e. The van der Waals surface area contributed by atoms with Gasteiger partial charge in [0.25, 0.3) is 0 Å². The molecule has 0 amide bonds. The molecule has 3 aliphatic rings. The number of benzene rings is 1. The first kappa shape index (κ1) is 23.7. The Hall–Kier alpha value is -1.47. The Kier molecular flexibility index (Phi) is 6.70. The van der Waals surface area contributed by atoms with Gasteiger partial charge in [0.2, 0.25) is 0 Å². The predicted octanol–water partition coefficient (Wildman–Crippen LogP) is 5.40. The molecule has 3 saturated heterocycles. The van der Waals surface area contributed by atoms with E-state index in [1.54, 1.807) is 7.11 Å². The van der Waals surface area contributed by atoms with Crippen LogP contribution in [0.5, 0.6) is 5.75 Å². The second-order valence-corrected chi connectivity index (χ2v) is 16.0. The number of hydrogen-bond donors (Lipinski definition) is 1. The molecule has 176 valence electrons. The second-order valence-electron chi connectivity index (χ2n) is 11.2. The van der Waals surface area contributed by atoms with Crippen molar-refractivity contribution in [1.29, 1.82) is 0 Å². The van der Waals surface area contributed by atoms with Crippen molar-refractivity contribution in [2.45, 2.75) is 70.3 Å². The molecule has 6 heteroatoms. The number of rotatable bonds is 7. The van der Waals surface area contributed by atoms with Crippen LogP contribution in [0.1, 0.15) is 51.7 Å². The molecule has 3 fully saturated rings. The summed E-state index contributed by atoms with van der Waals surface area (Å²) < 4.78 is 12.8. The van der Waals surface area contributed by atoms with E-state index in [1.165, 1.54) is 12.0 Å². The predicted molar refractivity (Wildman–Crippen MR) is 133 cm³/mol. The molecule has 0 radical (unpaired) electrons. The zero-order valence-electron chi connectivity index (χ0n) is 20.6. The quantitative estimate of drug-likeness (QED) is 0.566. The lowest BCUT2D eigenvalue weighted by Gasteiger charge is -2.53. The Bertz CT molecular complexity index is 942. The van der Waals surface area contributed by atoms with Gasteiger partial charge in [-0.15, -0.1) is 0 Å². The monoisotopic (exact) mass is 456 g/mol. The summed E-state index contributed by atoms with van der Waals surface area (Å²) in [6.45, 7) is 14.1. The summed E-state index contributed by atoms with van der Waals surface area (Å²) in [6, 6.07) is 8.66. The highest BCUT2D eigenvalue weighted by Crippen LogP contribution is 2.47. The first-order chi connectivity index (χ1) is 15.1. The highest BCUT2D eigenvalue weighted by atomic mass is 28.4. The number of pyridine rings is 1. The molecule has 2 aromatic rings. The van der Waals surface area contributed by atoms with Gasteiger partial charge in [-0.2, -0.15) is 0 Å². The van der Waals surface area contributed by atoms with Crippen molar-refractivity contribution in [1.82, 2.24) is 9.88 Å². The molecule has 1 unspecified atom stereocenters. The SMILES string of the molecule is COc1ccc2nccc([C@H](O[Si](C)(C)C(C)(C)C)[C@@H]3C[C@@H]4CCN3C[C@@H]4CCO)c2c1. The van der Waals surface area contributed by atoms with Crippen LogP contribution in [0.4, 0.5) is 0 Å². The number of ether oxygens (including phenoxy) is 1. The standard InChI is InChI=1S/C26H40N2O3Si/c1-26(2,3)32(5,6)31-25(24-15-18-10-13-28(24)17-19(18)11-14-29)21-9-12-27-23-8-7-20(30-4)16-22(21)23/h7-9,12,16,18-19,24-25,29H,10-11,13-15,17H2,1-6H3/t18-,19-,24-,25-/m0/s1. The minimum Gasteiger partial charge on any atom is -0.497 e. The molecule has 0 spiro atoms. The summed E-state index contributed by atoms with van der Waals surface area (Å²) in [5.74, 6) is 2.13. The lowest BCUT2D eigenvalue weighted by molar-refractivity contribution is -0.0559. The Labute approximate surface area is 194 Å². The Morgan fingerprint density at radius 2 is 2.03 bits per heavy atom. The van der Waals surface area contributed by atoms with Crippen LogP contribution in [0.15, 0.2) is 30.5 Å². The molecule has 1 N–H and O–H groups in total. The summed E-state index contributed by atoms with van der Waals surface area (Å²) >= 11 is 0. The third-order valence-corrected chi connectivity index (χ3v) is 12.8. The Balaban J connectivity index is 1.77. The van der Waals surface area contributed by atoms with E-state index in [0.717, 1.165) is 42.6 Å². The van der Waals surface area contributed by atoms with Gasteiger partial charge < -0.3 is 14.3 Å². The van der Waals surface area contributed by atoms with Gasteiger partial charge in [-0.1, -0.05) is 20.8 Å². The number of aromatic nitrogens is 1. The molecular formula is C26H40N2O3Si. The summed E-state index contributed by atoms with van der Waals surface area (Å²) in [5.41, 5.74) is 2.22. The molecule has 1 aromatic heterocycles. The van der Waals surface area contributed by atoms with Gasteiger partial charge in [0, 0.05) is 30.8 Å². The maximum absolute atomic E-state index is 9.55. The summed E-state index contributed by atoms with van der Waals surface area (Å²) in [7, 11) is -0.306. The van der Waals surface area contributed by atoms with Crippen LogP contribution in [0.3, 0.4) is 0 Å². The van der Waals surface area contributed by atoms with E-state index in [4.69, 9.17) is 9.16 Å². The van der Waals surface area contributed by atoms with Crippen LogP contribution in [0.2, 0.25) is 18.1 Å². The van der Waals surface area contributed by atoms with Gasteiger partial charge >= 0.3 is 0 Å². The summed E-state index contributed by atoms with van der Waals surface area (Å²) in [4.78, 5) is 7.28. The fourth-order valence-corrected chi connectivity index (χ4v) is 6.63. The van der Waals surface area contributed by atoms with E-state index in [1.807, 2.05) is 18.3 Å². The molecule has 3 aliphatic heterocycles. The molecule has 5 nitrogen and oxygen atoms in total. The minimum atomic E-state index is -2.02. The molecule has 5 atom stereocenters. The van der Waals surface area contributed by atoms with E-state index in [9.17, 15) is 5.11 Å². The fourth-order valence-electron chi connectivity index (χ4n) is 5.35. The van der Waals surface area contributed by atoms with Crippen LogP contribution >= 0.6 is 0 Å². The highest BCUT2D eigenvalue weighted by Gasteiger charge is 2.47. The second kappa shape index (κ2) is 9.05. The van der Waals surface area contributed by atoms with Gasteiger partial charge in [-0.05, 0) is 85.6 Å². The van der Waals surface area contributed by atoms with E-state index < -0.39 is 8.32 Å². The maximum Gasteiger partial charge on any atom is 0.192 e. The van der Waals surface area contributed by atoms with Gasteiger partial charge in [-0.3, -0.25) is 9.88 Å². The first-order valence-corrected chi connectivity index (χ1v) is 15.0. The van der Waals surface area contributed by atoms with Crippen LogP contribution in [0, 0.1) is 11.8 Å². The zero-order chi connectivity index (χ0) is 23.1. The average Bonchev–Trinajstić information content (AvgIpc) is 2.77. The van der Waals surface area contributed by atoms with Crippen LogP contribution in [0.25, 0.3) is 10.9 Å². The molecule has 0 aliphatic carbocycles. The van der Waals surface area contributed by atoms with Crippen molar-refractivity contribution in [3.8, 4) is 5.75 Å². The number of piperidine rings is 3. The van der Waals surface area contributed by atoms with Gasteiger partial charge in [-0.25, -0.2) is 0 Å². The van der Waals surface area contributed by atoms with Crippen molar-refractivity contribution >= 4 is 19.2 Å². The third-order valence-electron chi connectivity index (χ3n) is 8.30. The Morgan fingerprint density at radius 3 is 2.66 bits per heavy atom. The summed E-state index contributed by atoms with van der Waals surface area (Å²) in [5, 5.41) is 10.8. The molecular weight excluding hydrogens is 416 g/mol. The smallest absolute Gasteiger partial charge is 0.192 e. The average molecular weight is 457 g/mol. The molecule has 32 heavy (non-hydrogen) atoms. The first-order valence-electron chi connectivity index (χ1n) is 12.1. The van der Waals surface area contributed by atoms with Crippen molar-refractivity contribution in [3.05, 3.63) is 36.0 Å². The maximum atomic E-state index is 9.55. The van der Waals surface area contributed by atoms with E-state index in [-0.39, 0.29) is 11.1 Å². The zero-order valence-corrected chi connectivity index (χ0v) is 21.6. The number of fused-ring (bicyclic) bond motifs is 4. The lowest BCUT2D eigenvalue weighted by atomic mass is 9.72. The van der Waals surface area contributed by atoms with Gasteiger partial charge in [0.15, 0.2) is 8.32 Å². The van der Waals surface area contributed by atoms with E-state index in [2.05, 4.69) is 55.9 Å². The number of hydrogen-bond acceptors (Lipinski definition) is 5. The molecule has 2 bridgehead atoms. The number of methoxy groups -OCH3 is 1. The molecule has 5 rings (SSSR count). The van der Waals surface area contributed by atoms with E-state index in [0.29, 0.717) is 24.5 Å². The van der Waals surface area contributed by atoms with Gasteiger partial charge in [0.1, 0.15) is 5.75 Å². The number of aliphatic hydroxyl groups is 1. The summed E-state index contributed by atoms with van der Waals surface area (Å²) in [6.07, 6.45) is 5.22. The fraction of sp³-hybridized carbons (Fsp3) is 0.654. The van der Waals surface area contributed by atoms with Crippen molar-refractivity contribution in [2.75, 3.05) is 26.8 Å². The number of nitrogens with zero attached hydrogens (tertiary/aromatic N) is 2. The number of aliphatic hydroxyl groups excluding tert-OH is 1. The van der Waals surface area contributed by atoms with Crippen LogP contribution < -0.4 is 4.74 Å². The molecule has 1 aromatic carbocycles. The highest BCUT2D eigenvalue weighted by molar-refractivity contribution is 6.74. The normalized spacial score (nSPS) is 27.0. The lowest BCUT2D eigenvalue weighted by Crippen LogP contribution is -2.57. The van der Waals surface area contributed by atoms with Gasteiger partial charge in [0.05, 0.1) is 18.7 Å². The third kappa shape index (κ3) is 4.47. The van der Waals surface area contributed by atoms with Crippen LogP contribution in [-0.2, 0) is 4.43 Å². The molecule has 4 heterocycles. The Morgan fingerprint density at radius 1 is 1.25 bits per heavy atom. The van der Waals surface area contributed by atoms with Crippen LogP contribution in [-0.4, -0.2) is 56.2 Å².